The molecule has 0 fully saturated rings. The Bertz CT molecular complexity index is 892. The molecule has 0 unspecified atom stereocenters. The van der Waals surface area contributed by atoms with Gasteiger partial charge in [0.1, 0.15) is 24.4 Å². The SMILES string of the molecule is CCNC(=NCCCOCc1ccco1)NCCc1coc(-c2ccc(F)cc2)n1. The molecular formula is C22H27FN4O3. The van der Waals surface area contributed by atoms with E-state index in [1.165, 1.54) is 12.1 Å². The molecule has 7 nitrogen and oxygen atoms in total. The second-order valence-corrected chi connectivity index (χ2v) is 6.57. The quantitative estimate of drug-likeness (QED) is 0.282. The minimum absolute atomic E-state index is 0.283. The Morgan fingerprint density at radius 2 is 2.03 bits per heavy atom. The van der Waals surface area contributed by atoms with Crippen molar-refractivity contribution in [3.8, 4) is 11.5 Å². The van der Waals surface area contributed by atoms with Crippen LogP contribution in [0.2, 0.25) is 0 Å². The van der Waals surface area contributed by atoms with Crippen molar-refractivity contribution < 1.29 is 18.0 Å². The Labute approximate surface area is 175 Å². The molecule has 0 saturated carbocycles. The lowest BCUT2D eigenvalue weighted by Crippen LogP contribution is -2.38. The highest BCUT2D eigenvalue weighted by atomic mass is 19.1. The number of benzene rings is 1. The summed E-state index contributed by atoms with van der Waals surface area (Å²) in [5.41, 5.74) is 1.57. The first-order valence-electron chi connectivity index (χ1n) is 10.1. The van der Waals surface area contributed by atoms with Crippen molar-refractivity contribution in [3.05, 3.63) is 66.2 Å². The van der Waals surface area contributed by atoms with E-state index in [2.05, 4.69) is 20.6 Å². The molecule has 8 heteroatoms. The van der Waals surface area contributed by atoms with Crippen LogP contribution in [-0.2, 0) is 17.8 Å². The molecule has 0 bridgehead atoms. The highest BCUT2D eigenvalue weighted by molar-refractivity contribution is 5.79. The number of hydrogen-bond acceptors (Lipinski definition) is 5. The Morgan fingerprint density at radius 3 is 2.80 bits per heavy atom. The molecule has 3 rings (SSSR count). The molecule has 0 spiro atoms. The van der Waals surface area contributed by atoms with Crippen LogP contribution in [0.4, 0.5) is 4.39 Å². The Kier molecular flexibility index (Phi) is 8.47. The van der Waals surface area contributed by atoms with E-state index >= 15 is 0 Å². The first-order valence-corrected chi connectivity index (χ1v) is 10.1. The van der Waals surface area contributed by atoms with Gasteiger partial charge in [-0.05, 0) is 49.7 Å². The van der Waals surface area contributed by atoms with Gasteiger partial charge in [-0.1, -0.05) is 0 Å². The van der Waals surface area contributed by atoms with Crippen LogP contribution in [-0.4, -0.2) is 37.2 Å². The van der Waals surface area contributed by atoms with Crippen LogP contribution >= 0.6 is 0 Å². The maximum absolute atomic E-state index is 13.0. The van der Waals surface area contributed by atoms with E-state index in [1.54, 1.807) is 24.7 Å². The van der Waals surface area contributed by atoms with Gasteiger partial charge in [0.2, 0.25) is 5.89 Å². The number of aromatic nitrogens is 1. The maximum atomic E-state index is 13.0. The first kappa shape index (κ1) is 21.6. The van der Waals surface area contributed by atoms with Crippen LogP contribution in [0.5, 0.6) is 0 Å². The predicted molar refractivity (Wildman–Crippen MR) is 113 cm³/mol. The van der Waals surface area contributed by atoms with Gasteiger partial charge >= 0.3 is 0 Å². The molecule has 0 radical (unpaired) electrons. The fraction of sp³-hybridized carbons (Fsp3) is 0.364. The highest BCUT2D eigenvalue weighted by Crippen LogP contribution is 2.18. The zero-order valence-electron chi connectivity index (χ0n) is 17.1. The molecule has 0 aliphatic carbocycles. The Hall–Kier alpha value is -3.13. The van der Waals surface area contributed by atoms with Crippen molar-refractivity contribution in [2.75, 3.05) is 26.2 Å². The van der Waals surface area contributed by atoms with Crippen molar-refractivity contribution in [1.29, 1.82) is 0 Å². The molecule has 2 N–H and O–H groups in total. The Balaban J connectivity index is 1.37. The largest absolute Gasteiger partial charge is 0.467 e. The average Bonchev–Trinajstić information content (AvgIpc) is 3.43. The van der Waals surface area contributed by atoms with Crippen molar-refractivity contribution in [1.82, 2.24) is 15.6 Å². The molecule has 3 aromatic rings. The van der Waals surface area contributed by atoms with Gasteiger partial charge in [0.05, 0.1) is 12.0 Å². The van der Waals surface area contributed by atoms with Crippen molar-refractivity contribution in [3.63, 3.8) is 0 Å². The first-order chi connectivity index (χ1) is 14.7. The van der Waals surface area contributed by atoms with Gasteiger partial charge in [0.15, 0.2) is 5.96 Å². The number of oxazole rings is 1. The minimum atomic E-state index is -0.283. The number of ether oxygens (including phenoxy) is 1. The zero-order valence-corrected chi connectivity index (χ0v) is 17.1. The smallest absolute Gasteiger partial charge is 0.226 e. The summed E-state index contributed by atoms with van der Waals surface area (Å²) >= 11 is 0. The summed E-state index contributed by atoms with van der Waals surface area (Å²) in [7, 11) is 0. The van der Waals surface area contributed by atoms with Crippen LogP contribution in [0.3, 0.4) is 0 Å². The maximum Gasteiger partial charge on any atom is 0.226 e. The van der Waals surface area contributed by atoms with Gasteiger partial charge in [0, 0.05) is 38.2 Å². The van der Waals surface area contributed by atoms with Crippen molar-refractivity contribution in [2.45, 2.75) is 26.4 Å². The lowest BCUT2D eigenvalue weighted by molar-refractivity contribution is 0.105. The lowest BCUT2D eigenvalue weighted by Gasteiger charge is -2.10. The molecule has 2 heterocycles. The molecule has 0 atom stereocenters. The summed E-state index contributed by atoms with van der Waals surface area (Å²) < 4.78 is 29.3. The summed E-state index contributed by atoms with van der Waals surface area (Å²) in [5.74, 6) is 1.78. The van der Waals surface area contributed by atoms with Crippen molar-refractivity contribution >= 4 is 5.96 Å². The van der Waals surface area contributed by atoms with E-state index in [-0.39, 0.29) is 5.82 Å². The second-order valence-electron chi connectivity index (χ2n) is 6.57. The monoisotopic (exact) mass is 414 g/mol. The van der Waals surface area contributed by atoms with Gasteiger partial charge in [-0.25, -0.2) is 9.37 Å². The Morgan fingerprint density at radius 1 is 1.17 bits per heavy atom. The zero-order chi connectivity index (χ0) is 21.0. The van der Waals surface area contributed by atoms with Crippen molar-refractivity contribution in [2.24, 2.45) is 4.99 Å². The third kappa shape index (κ3) is 7.04. The molecule has 0 aliphatic rings. The number of aliphatic imine (C=N–C) groups is 1. The van der Waals surface area contributed by atoms with E-state index in [4.69, 9.17) is 13.6 Å². The van der Waals surface area contributed by atoms with E-state index in [1.807, 2.05) is 19.1 Å². The summed E-state index contributed by atoms with van der Waals surface area (Å²) in [6.07, 6.45) is 4.77. The summed E-state index contributed by atoms with van der Waals surface area (Å²) in [5, 5.41) is 6.51. The molecule has 30 heavy (non-hydrogen) atoms. The lowest BCUT2D eigenvalue weighted by atomic mass is 10.2. The van der Waals surface area contributed by atoms with E-state index < -0.39 is 0 Å². The van der Waals surface area contributed by atoms with E-state index in [9.17, 15) is 4.39 Å². The number of nitrogens with zero attached hydrogens (tertiary/aromatic N) is 2. The summed E-state index contributed by atoms with van der Waals surface area (Å²) in [6.45, 7) is 5.22. The molecular weight excluding hydrogens is 387 g/mol. The van der Waals surface area contributed by atoms with E-state index in [0.717, 1.165) is 35.9 Å². The molecule has 160 valence electrons. The van der Waals surface area contributed by atoms with Crippen LogP contribution in [0.15, 0.2) is 62.8 Å². The fourth-order valence-electron chi connectivity index (χ4n) is 2.72. The number of hydrogen-bond donors (Lipinski definition) is 2. The number of nitrogens with one attached hydrogen (secondary N) is 2. The summed E-state index contributed by atoms with van der Waals surface area (Å²) in [6, 6.07) is 9.82. The fourth-order valence-corrected chi connectivity index (χ4v) is 2.72. The average molecular weight is 414 g/mol. The van der Waals surface area contributed by atoms with Gasteiger partial charge in [-0.2, -0.15) is 0 Å². The number of guanidine groups is 1. The standard InChI is InChI=1S/C22H27FN4O3/c1-2-24-22(25-11-4-13-28-16-20-5-3-14-29-20)26-12-10-19-15-30-21(27-19)17-6-8-18(23)9-7-17/h3,5-9,14-15H,2,4,10-13,16H2,1H3,(H2,24,25,26). The van der Waals surface area contributed by atoms with Gasteiger partial charge in [-0.3, -0.25) is 4.99 Å². The third-order valence-corrected chi connectivity index (χ3v) is 4.20. The molecule has 0 aliphatic heterocycles. The van der Waals surface area contributed by atoms with Crippen LogP contribution in [0.1, 0.15) is 24.8 Å². The predicted octanol–water partition coefficient (Wildman–Crippen LogP) is 3.78. The van der Waals surface area contributed by atoms with E-state index in [0.29, 0.717) is 38.6 Å². The van der Waals surface area contributed by atoms with Gasteiger partial charge in [0.25, 0.3) is 0 Å². The number of rotatable bonds is 11. The molecule has 0 amide bonds. The third-order valence-electron chi connectivity index (χ3n) is 4.20. The van der Waals surface area contributed by atoms with Gasteiger partial charge in [-0.15, -0.1) is 0 Å². The number of furan rings is 1. The molecule has 0 saturated heterocycles. The highest BCUT2D eigenvalue weighted by Gasteiger charge is 2.07. The van der Waals surface area contributed by atoms with Crippen LogP contribution in [0, 0.1) is 5.82 Å². The summed E-state index contributed by atoms with van der Waals surface area (Å²) in [4.78, 5) is 9.01. The van der Waals surface area contributed by atoms with Gasteiger partial charge < -0.3 is 24.2 Å². The number of halogens is 1. The molecule has 2 aromatic heterocycles. The molecule has 1 aromatic carbocycles. The minimum Gasteiger partial charge on any atom is -0.467 e. The van der Waals surface area contributed by atoms with Crippen LogP contribution < -0.4 is 10.6 Å². The second kappa shape index (κ2) is 11.8. The topological polar surface area (TPSA) is 84.8 Å². The normalized spacial score (nSPS) is 11.6. The van der Waals surface area contributed by atoms with Crippen LogP contribution in [0.25, 0.3) is 11.5 Å².